The number of benzene rings is 1. The number of hydrogen-bond acceptors (Lipinski definition) is 3. The highest BCUT2D eigenvalue weighted by atomic mass is 16.3. The van der Waals surface area contributed by atoms with E-state index >= 15 is 0 Å². The van der Waals surface area contributed by atoms with E-state index in [4.69, 9.17) is 0 Å². The lowest BCUT2D eigenvalue weighted by Crippen LogP contribution is -2.12. The van der Waals surface area contributed by atoms with Gasteiger partial charge in [0.2, 0.25) is 0 Å². The molecule has 2 N–H and O–H groups in total. The van der Waals surface area contributed by atoms with Gasteiger partial charge in [0.1, 0.15) is 5.75 Å². The van der Waals surface area contributed by atoms with E-state index in [1.807, 2.05) is 6.92 Å². The molecule has 0 aliphatic carbocycles. The molecule has 0 unspecified atom stereocenters. The molecule has 0 spiro atoms. The predicted molar refractivity (Wildman–Crippen MR) is 68.7 cm³/mol. The van der Waals surface area contributed by atoms with Crippen molar-refractivity contribution in [3.8, 4) is 5.75 Å². The first-order chi connectivity index (χ1) is 8.47. The molecule has 2 rings (SSSR count). The maximum Gasteiger partial charge on any atom is 0.276 e. The zero-order valence-corrected chi connectivity index (χ0v) is 10.6. The van der Waals surface area contributed by atoms with Gasteiger partial charge in [-0.2, -0.15) is 5.10 Å². The van der Waals surface area contributed by atoms with Crippen LogP contribution in [0, 0.1) is 13.8 Å². The molecule has 5 heteroatoms. The fourth-order valence-corrected chi connectivity index (χ4v) is 1.55. The Hall–Kier alpha value is -2.30. The highest BCUT2D eigenvalue weighted by molar-refractivity contribution is 6.03. The molecule has 2 aromatic rings. The number of nitrogens with one attached hydrogen (secondary N) is 1. The molecule has 0 fully saturated rings. The Balaban J connectivity index is 2.18. The molecular formula is C13H15N3O2. The third-order valence-electron chi connectivity index (χ3n) is 2.81. The topological polar surface area (TPSA) is 67.2 Å². The SMILES string of the molecule is Cc1ccc(NC(=O)c2cc(C)n(C)n2)cc1O. The summed E-state index contributed by atoms with van der Waals surface area (Å²) in [6, 6.07) is 6.71. The number of carbonyl (C=O) groups is 1. The number of hydrogen-bond donors (Lipinski definition) is 2. The Labute approximate surface area is 105 Å². The zero-order valence-electron chi connectivity index (χ0n) is 10.6. The molecule has 0 saturated heterocycles. The zero-order chi connectivity index (χ0) is 13.3. The van der Waals surface area contributed by atoms with E-state index in [0.29, 0.717) is 11.4 Å². The molecule has 1 heterocycles. The van der Waals surface area contributed by atoms with E-state index in [1.165, 1.54) is 6.07 Å². The number of aromatic nitrogens is 2. The number of aryl methyl sites for hydroxylation is 3. The second-order valence-electron chi connectivity index (χ2n) is 4.25. The second-order valence-corrected chi connectivity index (χ2v) is 4.25. The minimum absolute atomic E-state index is 0.157. The Bertz CT molecular complexity index is 583. The van der Waals surface area contributed by atoms with Gasteiger partial charge in [-0.25, -0.2) is 0 Å². The summed E-state index contributed by atoms with van der Waals surface area (Å²) in [4.78, 5) is 11.9. The van der Waals surface area contributed by atoms with Gasteiger partial charge >= 0.3 is 0 Å². The van der Waals surface area contributed by atoms with Gasteiger partial charge in [0.25, 0.3) is 5.91 Å². The second kappa shape index (κ2) is 4.52. The number of aromatic hydroxyl groups is 1. The number of anilines is 1. The van der Waals surface area contributed by atoms with Crippen LogP contribution in [0.15, 0.2) is 24.3 Å². The van der Waals surface area contributed by atoms with E-state index in [9.17, 15) is 9.90 Å². The molecule has 1 aromatic heterocycles. The largest absolute Gasteiger partial charge is 0.508 e. The lowest BCUT2D eigenvalue weighted by molar-refractivity contribution is 0.102. The van der Waals surface area contributed by atoms with Crippen molar-refractivity contribution in [2.45, 2.75) is 13.8 Å². The van der Waals surface area contributed by atoms with E-state index in [1.54, 1.807) is 36.9 Å². The van der Waals surface area contributed by atoms with Crippen LogP contribution in [0.3, 0.4) is 0 Å². The molecule has 0 atom stereocenters. The van der Waals surface area contributed by atoms with Crippen molar-refractivity contribution in [3.05, 3.63) is 41.2 Å². The van der Waals surface area contributed by atoms with Crippen molar-refractivity contribution in [2.75, 3.05) is 5.32 Å². The highest BCUT2D eigenvalue weighted by Gasteiger charge is 2.11. The first kappa shape index (κ1) is 12.2. The molecule has 0 radical (unpaired) electrons. The first-order valence-corrected chi connectivity index (χ1v) is 5.59. The van der Waals surface area contributed by atoms with Crippen molar-refractivity contribution < 1.29 is 9.90 Å². The van der Waals surface area contributed by atoms with Crippen LogP contribution < -0.4 is 5.32 Å². The first-order valence-electron chi connectivity index (χ1n) is 5.59. The lowest BCUT2D eigenvalue weighted by Gasteiger charge is -2.05. The van der Waals surface area contributed by atoms with Crippen LogP contribution in [-0.2, 0) is 7.05 Å². The normalized spacial score (nSPS) is 10.4. The van der Waals surface area contributed by atoms with Crippen molar-refractivity contribution in [1.29, 1.82) is 0 Å². The standard InChI is InChI=1S/C13H15N3O2/c1-8-4-5-10(7-12(8)17)14-13(18)11-6-9(2)16(3)15-11/h4-7,17H,1-3H3,(H,14,18). The van der Waals surface area contributed by atoms with E-state index in [0.717, 1.165) is 11.3 Å². The number of nitrogens with zero attached hydrogens (tertiary/aromatic N) is 2. The Morgan fingerprint density at radius 1 is 1.33 bits per heavy atom. The summed E-state index contributed by atoms with van der Waals surface area (Å²) in [5.41, 5.74) is 2.58. The van der Waals surface area contributed by atoms with Gasteiger partial charge < -0.3 is 10.4 Å². The average molecular weight is 245 g/mol. The summed E-state index contributed by atoms with van der Waals surface area (Å²) in [7, 11) is 1.78. The van der Waals surface area contributed by atoms with Crippen LogP contribution in [0.25, 0.3) is 0 Å². The van der Waals surface area contributed by atoms with Gasteiger partial charge in [0, 0.05) is 24.5 Å². The summed E-state index contributed by atoms with van der Waals surface area (Å²) in [6.07, 6.45) is 0. The fourth-order valence-electron chi connectivity index (χ4n) is 1.55. The van der Waals surface area contributed by atoms with Gasteiger partial charge in [0.15, 0.2) is 5.69 Å². The van der Waals surface area contributed by atoms with Gasteiger partial charge in [-0.1, -0.05) is 6.07 Å². The minimum Gasteiger partial charge on any atom is -0.508 e. The Kier molecular flexibility index (Phi) is 3.06. The molecule has 1 amide bonds. The van der Waals surface area contributed by atoms with Crippen molar-refractivity contribution >= 4 is 11.6 Å². The summed E-state index contributed by atoms with van der Waals surface area (Å²) in [5, 5.41) is 16.3. The summed E-state index contributed by atoms with van der Waals surface area (Å²) in [6.45, 7) is 3.67. The predicted octanol–water partition coefficient (Wildman–Crippen LogP) is 1.99. The molecule has 94 valence electrons. The molecule has 0 aliphatic heterocycles. The number of amides is 1. The maximum absolute atomic E-state index is 11.9. The molecule has 18 heavy (non-hydrogen) atoms. The number of phenolic OH excluding ortho intramolecular Hbond substituents is 1. The highest BCUT2D eigenvalue weighted by Crippen LogP contribution is 2.21. The van der Waals surface area contributed by atoms with Crippen LogP contribution >= 0.6 is 0 Å². The molecule has 1 aromatic carbocycles. The van der Waals surface area contributed by atoms with Crippen LogP contribution in [0.2, 0.25) is 0 Å². The van der Waals surface area contributed by atoms with E-state index < -0.39 is 0 Å². The summed E-state index contributed by atoms with van der Waals surface area (Å²) < 4.78 is 1.64. The summed E-state index contributed by atoms with van der Waals surface area (Å²) >= 11 is 0. The van der Waals surface area contributed by atoms with Crippen molar-refractivity contribution in [1.82, 2.24) is 9.78 Å². The smallest absolute Gasteiger partial charge is 0.276 e. The van der Waals surface area contributed by atoms with Crippen LogP contribution in [0.4, 0.5) is 5.69 Å². The van der Waals surface area contributed by atoms with Crippen LogP contribution in [0.5, 0.6) is 5.75 Å². The van der Waals surface area contributed by atoms with Gasteiger partial charge in [-0.3, -0.25) is 9.48 Å². The molecule has 0 aliphatic rings. The molecule has 0 saturated carbocycles. The molecule has 0 bridgehead atoms. The lowest BCUT2D eigenvalue weighted by atomic mass is 10.2. The number of phenols is 1. The summed E-state index contributed by atoms with van der Waals surface area (Å²) in [5.74, 6) is -0.132. The Morgan fingerprint density at radius 2 is 2.06 bits per heavy atom. The quantitative estimate of drug-likeness (QED) is 0.850. The monoisotopic (exact) mass is 245 g/mol. The number of rotatable bonds is 2. The van der Waals surface area contributed by atoms with E-state index in [-0.39, 0.29) is 11.7 Å². The fraction of sp³-hybridized carbons (Fsp3) is 0.231. The van der Waals surface area contributed by atoms with Crippen LogP contribution in [0.1, 0.15) is 21.7 Å². The third kappa shape index (κ3) is 2.34. The maximum atomic E-state index is 11.9. The average Bonchev–Trinajstić information content (AvgIpc) is 2.65. The van der Waals surface area contributed by atoms with E-state index in [2.05, 4.69) is 10.4 Å². The minimum atomic E-state index is -0.290. The van der Waals surface area contributed by atoms with Crippen LogP contribution in [-0.4, -0.2) is 20.8 Å². The number of carbonyl (C=O) groups excluding carboxylic acids is 1. The third-order valence-corrected chi connectivity index (χ3v) is 2.81. The Morgan fingerprint density at radius 3 is 2.61 bits per heavy atom. The van der Waals surface area contributed by atoms with Crippen molar-refractivity contribution in [2.24, 2.45) is 7.05 Å². The molecular weight excluding hydrogens is 230 g/mol. The van der Waals surface area contributed by atoms with Gasteiger partial charge in [-0.05, 0) is 31.5 Å². The van der Waals surface area contributed by atoms with Crippen molar-refractivity contribution in [3.63, 3.8) is 0 Å². The molecule has 5 nitrogen and oxygen atoms in total. The van der Waals surface area contributed by atoms with Gasteiger partial charge in [-0.15, -0.1) is 0 Å². The van der Waals surface area contributed by atoms with Gasteiger partial charge in [0.05, 0.1) is 0 Å².